The van der Waals surface area contributed by atoms with Crippen LogP contribution < -0.4 is 4.90 Å². The molecule has 0 fully saturated rings. The van der Waals surface area contributed by atoms with Crippen LogP contribution in [0.5, 0.6) is 0 Å². The van der Waals surface area contributed by atoms with Gasteiger partial charge in [0, 0.05) is 37.6 Å². The summed E-state index contributed by atoms with van der Waals surface area (Å²) in [4.78, 5) is 6.33. The fourth-order valence-electron chi connectivity index (χ4n) is 2.27. The molecule has 106 valence electrons. The molecule has 0 saturated carbocycles. The summed E-state index contributed by atoms with van der Waals surface area (Å²) in [6.07, 6.45) is 1.81. The van der Waals surface area contributed by atoms with Gasteiger partial charge in [-0.05, 0) is 19.1 Å². The molecule has 4 heteroatoms. The van der Waals surface area contributed by atoms with Crippen LogP contribution in [-0.2, 0) is 0 Å². The SMILES string of the molecule is Cc1cc(-c2ccccc2)nn1-c1ccnc(N(C)C)c1. The Balaban J connectivity index is 2.04. The van der Waals surface area contributed by atoms with Crippen molar-refractivity contribution in [3.8, 4) is 16.9 Å². The molecule has 0 saturated heterocycles. The van der Waals surface area contributed by atoms with Crippen LogP contribution >= 0.6 is 0 Å². The van der Waals surface area contributed by atoms with Gasteiger partial charge in [0.2, 0.25) is 0 Å². The lowest BCUT2D eigenvalue weighted by molar-refractivity contribution is 0.846. The van der Waals surface area contributed by atoms with Gasteiger partial charge < -0.3 is 4.90 Å². The van der Waals surface area contributed by atoms with Crippen molar-refractivity contribution >= 4 is 5.82 Å². The van der Waals surface area contributed by atoms with Gasteiger partial charge in [0.05, 0.1) is 11.4 Å². The average molecular weight is 278 g/mol. The molecule has 1 aromatic carbocycles. The Hall–Kier alpha value is -2.62. The summed E-state index contributed by atoms with van der Waals surface area (Å²) >= 11 is 0. The second-order valence-electron chi connectivity index (χ2n) is 5.22. The van der Waals surface area contributed by atoms with Crippen molar-refractivity contribution in [3.63, 3.8) is 0 Å². The van der Waals surface area contributed by atoms with E-state index in [2.05, 4.69) is 30.1 Å². The Kier molecular flexibility index (Phi) is 3.44. The second-order valence-corrected chi connectivity index (χ2v) is 5.22. The first-order chi connectivity index (χ1) is 10.1. The van der Waals surface area contributed by atoms with Crippen molar-refractivity contribution in [1.82, 2.24) is 14.8 Å². The van der Waals surface area contributed by atoms with E-state index in [0.29, 0.717) is 0 Å². The number of anilines is 1. The zero-order chi connectivity index (χ0) is 14.8. The van der Waals surface area contributed by atoms with E-state index in [9.17, 15) is 0 Å². The maximum atomic E-state index is 4.72. The van der Waals surface area contributed by atoms with E-state index < -0.39 is 0 Å². The number of nitrogens with zero attached hydrogens (tertiary/aromatic N) is 4. The summed E-state index contributed by atoms with van der Waals surface area (Å²) in [5.74, 6) is 0.920. The van der Waals surface area contributed by atoms with Gasteiger partial charge in [-0.15, -0.1) is 0 Å². The van der Waals surface area contributed by atoms with Crippen LogP contribution in [0.4, 0.5) is 5.82 Å². The second kappa shape index (κ2) is 5.40. The minimum absolute atomic E-state index is 0.920. The molecule has 2 heterocycles. The first-order valence-corrected chi connectivity index (χ1v) is 6.91. The number of hydrogen-bond donors (Lipinski definition) is 0. The third-order valence-corrected chi connectivity index (χ3v) is 3.39. The summed E-state index contributed by atoms with van der Waals surface area (Å²) in [5, 5.41) is 4.72. The highest BCUT2D eigenvalue weighted by atomic mass is 15.3. The minimum atomic E-state index is 0.920. The van der Waals surface area contributed by atoms with Crippen molar-refractivity contribution in [1.29, 1.82) is 0 Å². The highest BCUT2D eigenvalue weighted by molar-refractivity contribution is 5.60. The van der Waals surface area contributed by atoms with E-state index in [4.69, 9.17) is 5.10 Å². The largest absolute Gasteiger partial charge is 0.363 e. The zero-order valence-corrected chi connectivity index (χ0v) is 12.5. The molecule has 3 rings (SSSR count). The predicted octanol–water partition coefficient (Wildman–Crippen LogP) is 3.31. The first-order valence-electron chi connectivity index (χ1n) is 6.91. The van der Waals surface area contributed by atoms with Gasteiger partial charge in [-0.1, -0.05) is 30.3 Å². The van der Waals surface area contributed by atoms with Crippen LogP contribution in [0.25, 0.3) is 16.9 Å². The molecule has 0 N–H and O–H groups in total. The van der Waals surface area contributed by atoms with E-state index >= 15 is 0 Å². The van der Waals surface area contributed by atoms with Gasteiger partial charge in [-0.25, -0.2) is 9.67 Å². The van der Waals surface area contributed by atoms with Crippen LogP contribution in [0, 0.1) is 6.92 Å². The summed E-state index contributed by atoms with van der Waals surface area (Å²) < 4.78 is 1.96. The predicted molar refractivity (Wildman–Crippen MR) is 85.9 cm³/mol. The lowest BCUT2D eigenvalue weighted by Gasteiger charge is -2.12. The van der Waals surface area contributed by atoms with E-state index in [1.54, 1.807) is 0 Å². The lowest BCUT2D eigenvalue weighted by Crippen LogP contribution is -2.11. The molecule has 0 atom stereocenters. The molecule has 0 aliphatic heterocycles. The van der Waals surface area contributed by atoms with Crippen LogP contribution in [0.3, 0.4) is 0 Å². The van der Waals surface area contributed by atoms with Gasteiger partial charge in [0.25, 0.3) is 0 Å². The number of benzene rings is 1. The molecular weight excluding hydrogens is 260 g/mol. The monoisotopic (exact) mass is 278 g/mol. The Labute approximate surface area is 124 Å². The van der Waals surface area contributed by atoms with Crippen LogP contribution in [0.1, 0.15) is 5.69 Å². The minimum Gasteiger partial charge on any atom is -0.363 e. The van der Waals surface area contributed by atoms with Gasteiger partial charge in [-0.2, -0.15) is 5.10 Å². The summed E-state index contributed by atoms with van der Waals surface area (Å²) in [7, 11) is 3.97. The standard InChI is InChI=1S/C17H18N4/c1-13-11-16(14-7-5-4-6-8-14)19-21(13)15-9-10-18-17(12-15)20(2)3/h4-12H,1-3H3. The quantitative estimate of drug-likeness (QED) is 0.737. The van der Waals surface area contributed by atoms with Crippen molar-refractivity contribution in [2.24, 2.45) is 0 Å². The first kappa shape index (κ1) is 13.4. The molecule has 0 spiro atoms. The molecule has 0 aliphatic rings. The average Bonchev–Trinajstić information content (AvgIpc) is 2.90. The summed E-state index contributed by atoms with van der Waals surface area (Å²) in [6, 6.07) is 16.3. The number of rotatable bonds is 3. The number of aromatic nitrogens is 3. The molecule has 4 nitrogen and oxygen atoms in total. The van der Waals surface area contributed by atoms with E-state index in [0.717, 1.165) is 28.5 Å². The Morgan fingerprint density at radius 2 is 1.76 bits per heavy atom. The maximum absolute atomic E-state index is 4.72. The summed E-state index contributed by atoms with van der Waals surface area (Å²) in [6.45, 7) is 2.06. The highest BCUT2D eigenvalue weighted by Gasteiger charge is 2.09. The molecule has 3 aromatic rings. The lowest BCUT2D eigenvalue weighted by atomic mass is 10.1. The third-order valence-electron chi connectivity index (χ3n) is 3.39. The van der Waals surface area contributed by atoms with Crippen LogP contribution in [-0.4, -0.2) is 28.9 Å². The fraction of sp³-hybridized carbons (Fsp3) is 0.176. The van der Waals surface area contributed by atoms with Crippen LogP contribution in [0.15, 0.2) is 54.7 Å². The molecule has 21 heavy (non-hydrogen) atoms. The molecule has 0 aliphatic carbocycles. The van der Waals surface area contributed by atoms with Crippen LogP contribution in [0.2, 0.25) is 0 Å². The van der Waals surface area contributed by atoms with Crippen molar-refractivity contribution in [2.75, 3.05) is 19.0 Å². The topological polar surface area (TPSA) is 34.0 Å². The van der Waals surface area contributed by atoms with E-state index in [-0.39, 0.29) is 0 Å². The van der Waals surface area contributed by atoms with Gasteiger partial charge >= 0.3 is 0 Å². The van der Waals surface area contributed by atoms with Gasteiger partial charge in [0.1, 0.15) is 5.82 Å². The fourth-order valence-corrected chi connectivity index (χ4v) is 2.27. The number of hydrogen-bond acceptors (Lipinski definition) is 3. The molecular formula is C17H18N4. The van der Waals surface area contributed by atoms with Crippen molar-refractivity contribution in [3.05, 3.63) is 60.4 Å². The highest BCUT2D eigenvalue weighted by Crippen LogP contribution is 2.22. The Morgan fingerprint density at radius 1 is 1.00 bits per heavy atom. The maximum Gasteiger partial charge on any atom is 0.130 e. The molecule has 0 bridgehead atoms. The Bertz CT molecular complexity index is 744. The zero-order valence-electron chi connectivity index (χ0n) is 12.5. The molecule has 0 amide bonds. The summed E-state index contributed by atoms with van der Waals surface area (Å²) in [5.41, 5.74) is 4.23. The van der Waals surface area contributed by atoms with E-state index in [1.165, 1.54) is 0 Å². The van der Waals surface area contributed by atoms with Crippen molar-refractivity contribution < 1.29 is 0 Å². The number of aryl methyl sites for hydroxylation is 1. The van der Waals surface area contributed by atoms with Gasteiger partial charge in [-0.3, -0.25) is 0 Å². The molecule has 0 unspecified atom stereocenters. The smallest absolute Gasteiger partial charge is 0.130 e. The van der Waals surface area contributed by atoms with E-state index in [1.807, 2.05) is 60.2 Å². The van der Waals surface area contributed by atoms with Crippen molar-refractivity contribution in [2.45, 2.75) is 6.92 Å². The Morgan fingerprint density at radius 3 is 2.48 bits per heavy atom. The normalized spacial score (nSPS) is 10.6. The molecule has 2 aromatic heterocycles. The number of pyridine rings is 1. The third kappa shape index (κ3) is 2.65. The van der Waals surface area contributed by atoms with Gasteiger partial charge in [0.15, 0.2) is 0 Å². The molecule has 0 radical (unpaired) electrons.